The monoisotopic (exact) mass is 308 g/mol. The van der Waals surface area contributed by atoms with Crippen LogP contribution in [0, 0.1) is 19.3 Å². The number of hydrogen-bond acceptors (Lipinski definition) is 2. The average molecular weight is 308 g/mol. The summed E-state index contributed by atoms with van der Waals surface area (Å²) in [7, 11) is 0. The van der Waals surface area contributed by atoms with Gasteiger partial charge in [-0.25, -0.2) is 4.98 Å². The van der Waals surface area contributed by atoms with Crippen LogP contribution in [-0.4, -0.2) is 10.9 Å². The minimum atomic E-state index is -0.145. The number of pyridine rings is 1. The van der Waals surface area contributed by atoms with Crippen LogP contribution in [0.25, 0.3) is 6.08 Å². The molecule has 120 valence electrons. The van der Waals surface area contributed by atoms with E-state index in [1.807, 2.05) is 50.2 Å². The molecule has 3 heteroatoms. The van der Waals surface area contributed by atoms with Crippen LogP contribution in [-0.2, 0) is 0 Å². The van der Waals surface area contributed by atoms with Crippen molar-refractivity contribution in [3.63, 3.8) is 0 Å². The van der Waals surface area contributed by atoms with Crippen molar-refractivity contribution in [2.24, 2.45) is 5.41 Å². The van der Waals surface area contributed by atoms with Crippen LogP contribution in [0.3, 0.4) is 0 Å². The lowest BCUT2D eigenvalue weighted by Crippen LogP contribution is -2.13. The molecule has 0 spiro atoms. The van der Waals surface area contributed by atoms with Gasteiger partial charge in [0.2, 0.25) is 0 Å². The van der Waals surface area contributed by atoms with Crippen LogP contribution in [0.1, 0.15) is 48.0 Å². The fraction of sp³-hybridized carbons (Fsp3) is 0.300. The molecule has 0 saturated heterocycles. The molecule has 0 bridgehead atoms. The van der Waals surface area contributed by atoms with E-state index < -0.39 is 0 Å². The first kappa shape index (κ1) is 16.9. The number of hydrogen-bond donors (Lipinski definition) is 1. The van der Waals surface area contributed by atoms with Gasteiger partial charge in [0.05, 0.1) is 0 Å². The summed E-state index contributed by atoms with van der Waals surface area (Å²) in [5, 5.41) is 2.85. The molecule has 0 saturated carbocycles. The molecule has 0 radical (unpaired) electrons. The molecular weight excluding hydrogens is 284 g/mol. The van der Waals surface area contributed by atoms with Gasteiger partial charge in [-0.1, -0.05) is 45.1 Å². The van der Waals surface area contributed by atoms with Crippen LogP contribution in [0.5, 0.6) is 0 Å². The van der Waals surface area contributed by atoms with Crippen molar-refractivity contribution in [3.05, 3.63) is 64.9 Å². The van der Waals surface area contributed by atoms with E-state index in [9.17, 15) is 4.79 Å². The summed E-state index contributed by atoms with van der Waals surface area (Å²) in [6.07, 6.45) is 4.23. The zero-order chi connectivity index (χ0) is 17.0. The first-order valence-electron chi connectivity index (χ1n) is 7.79. The minimum absolute atomic E-state index is 0.144. The lowest BCUT2D eigenvalue weighted by molar-refractivity contribution is 0.102. The molecule has 0 fully saturated rings. The number of rotatable bonds is 3. The van der Waals surface area contributed by atoms with Crippen molar-refractivity contribution < 1.29 is 4.79 Å². The van der Waals surface area contributed by atoms with Gasteiger partial charge in [-0.3, -0.25) is 4.79 Å². The van der Waals surface area contributed by atoms with Gasteiger partial charge in [0.15, 0.2) is 0 Å². The molecule has 2 aromatic rings. The van der Waals surface area contributed by atoms with Crippen molar-refractivity contribution in [2.45, 2.75) is 34.6 Å². The van der Waals surface area contributed by atoms with Crippen LogP contribution >= 0.6 is 0 Å². The zero-order valence-electron chi connectivity index (χ0n) is 14.5. The quantitative estimate of drug-likeness (QED) is 0.866. The number of amides is 1. The molecule has 23 heavy (non-hydrogen) atoms. The van der Waals surface area contributed by atoms with Crippen molar-refractivity contribution in [2.75, 3.05) is 5.32 Å². The van der Waals surface area contributed by atoms with E-state index in [2.05, 4.69) is 43.2 Å². The Bertz CT molecular complexity index is 702. The van der Waals surface area contributed by atoms with E-state index >= 15 is 0 Å². The van der Waals surface area contributed by atoms with Crippen molar-refractivity contribution in [1.29, 1.82) is 0 Å². The number of benzene rings is 1. The summed E-state index contributed by atoms with van der Waals surface area (Å²) in [6.45, 7) is 10.4. The van der Waals surface area contributed by atoms with E-state index in [-0.39, 0.29) is 11.3 Å². The molecule has 1 amide bonds. The maximum Gasteiger partial charge on any atom is 0.256 e. The third-order valence-corrected chi connectivity index (χ3v) is 3.29. The van der Waals surface area contributed by atoms with Crippen LogP contribution in [0.4, 0.5) is 5.82 Å². The fourth-order valence-corrected chi connectivity index (χ4v) is 2.19. The molecule has 0 aliphatic heterocycles. The van der Waals surface area contributed by atoms with Crippen molar-refractivity contribution in [1.82, 2.24) is 4.98 Å². The van der Waals surface area contributed by atoms with Crippen LogP contribution in [0.15, 0.2) is 42.5 Å². The third kappa shape index (κ3) is 5.37. The summed E-state index contributed by atoms with van der Waals surface area (Å²) >= 11 is 0. The Kier molecular flexibility index (Phi) is 4.99. The highest BCUT2D eigenvalue weighted by atomic mass is 16.1. The number of aryl methyl sites for hydroxylation is 2. The summed E-state index contributed by atoms with van der Waals surface area (Å²) < 4.78 is 0. The maximum atomic E-state index is 12.3. The Labute approximate surface area is 138 Å². The van der Waals surface area contributed by atoms with E-state index in [1.165, 1.54) is 0 Å². The Balaban J connectivity index is 2.10. The number of carbonyl (C=O) groups is 1. The largest absolute Gasteiger partial charge is 0.307 e. The van der Waals surface area contributed by atoms with E-state index in [0.29, 0.717) is 11.4 Å². The Morgan fingerprint density at radius 2 is 1.74 bits per heavy atom. The molecule has 1 aromatic heterocycles. The topological polar surface area (TPSA) is 42.0 Å². The highest BCUT2D eigenvalue weighted by molar-refractivity contribution is 6.03. The molecule has 0 unspecified atom stereocenters. The first-order chi connectivity index (χ1) is 10.7. The molecule has 1 N–H and O–H groups in total. The number of nitrogens with one attached hydrogen (secondary N) is 1. The van der Waals surface area contributed by atoms with Crippen LogP contribution in [0.2, 0.25) is 0 Å². The first-order valence-corrected chi connectivity index (χ1v) is 7.79. The standard InChI is InChI=1S/C20H24N2O/c1-14-12-15(2)21-18(13-14)22-19(23)17-8-6-16(7-9-17)10-11-20(3,4)5/h6-13H,1-5H3,(H,21,22,23). The lowest BCUT2D eigenvalue weighted by atomic mass is 9.95. The summed E-state index contributed by atoms with van der Waals surface area (Å²) in [5.41, 5.74) is 3.82. The second-order valence-corrected chi connectivity index (χ2v) is 6.95. The van der Waals surface area contributed by atoms with Gasteiger partial charge in [-0.2, -0.15) is 0 Å². The Morgan fingerprint density at radius 3 is 2.30 bits per heavy atom. The number of carbonyl (C=O) groups excluding carboxylic acids is 1. The molecule has 2 rings (SSSR count). The number of aromatic nitrogens is 1. The summed E-state index contributed by atoms with van der Waals surface area (Å²) in [4.78, 5) is 16.6. The van der Waals surface area contributed by atoms with Crippen LogP contribution < -0.4 is 5.32 Å². The second-order valence-electron chi connectivity index (χ2n) is 6.95. The summed E-state index contributed by atoms with van der Waals surface area (Å²) in [5.74, 6) is 0.443. The maximum absolute atomic E-state index is 12.3. The molecular formula is C20H24N2O. The Hall–Kier alpha value is -2.42. The zero-order valence-corrected chi connectivity index (χ0v) is 14.5. The van der Waals surface area contributed by atoms with Gasteiger partial charge in [-0.15, -0.1) is 0 Å². The second kappa shape index (κ2) is 6.78. The predicted octanol–water partition coefficient (Wildman–Crippen LogP) is 5.01. The average Bonchev–Trinajstić information content (AvgIpc) is 2.43. The molecule has 0 aliphatic carbocycles. The molecule has 1 heterocycles. The number of anilines is 1. The third-order valence-electron chi connectivity index (χ3n) is 3.29. The van der Waals surface area contributed by atoms with Gasteiger partial charge in [0.25, 0.3) is 5.91 Å². The van der Waals surface area contributed by atoms with Gasteiger partial charge in [0, 0.05) is 11.3 Å². The fourth-order valence-electron chi connectivity index (χ4n) is 2.19. The SMILES string of the molecule is Cc1cc(C)nc(NC(=O)c2ccc(C=CC(C)(C)C)cc2)c1. The normalized spacial score (nSPS) is 11.7. The molecule has 0 aliphatic rings. The number of allylic oxidation sites excluding steroid dienone is 1. The summed E-state index contributed by atoms with van der Waals surface area (Å²) in [6, 6.07) is 11.4. The highest BCUT2D eigenvalue weighted by Crippen LogP contribution is 2.18. The lowest BCUT2D eigenvalue weighted by Gasteiger charge is -2.11. The van der Waals surface area contributed by atoms with E-state index in [0.717, 1.165) is 16.8 Å². The van der Waals surface area contributed by atoms with E-state index in [4.69, 9.17) is 0 Å². The predicted molar refractivity (Wildman–Crippen MR) is 96.6 cm³/mol. The van der Waals surface area contributed by atoms with Crippen molar-refractivity contribution in [3.8, 4) is 0 Å². The number of nitrogens with zero attached hydrogens (tertiary/aromatic N) is 1. The molecule has 0 atom stereocenters. The van der Waals surface area contributed by atoms with Gasteiger partial charge >= 0.3 is 0 Å². The van der Waals surface area contributed by atoms with Gasteiger partial charge < -0.3 is 5.32 Å². The highest BCUT2D eigenvalue weighted by Gasteiger charge is 2.08. The molecule has 1 aromatic carbocycles. The molecule has 3 nitrogen and oxygen atoms in total. The van der Waals surface area contributed by atoms with Gasteiger partial charge in [0.1, 0.15) is 5.82 Å². The Morgan fingerprint density at radius 1 is 1.09 bits per heavy atom. The van der Waals surface area contributed by atoms with E-state index in [1.54, 1.807) is 0 Å². The van der Waals surface area contributed by atoms with Gasteiger partial charge in [-0.05, 0) is 54.7 Å². The van der Waals surface area contributed by atoms with Crippen molar-refractivity contribution >= 4 is 17.8 Å². The minimum Gasteiger partial charge on any atom is -0.307 e. The smallest absolute Gasteiger partial charge is 0.256 e.